The van der Waals surface area contributed by atoms with E-state index in [4.69, 9.17) is 26.1 Å². The Hall–Kier alpha value is -2.33. The lowest BCUT2D eigenvalue weighted by Gasteiger charge is -2.37. The molecule has 1 aromatic carbocycles. The molecule has 3 heterocycles. The highest BCUT2D eigenvalue weighted by Gasteiger charge is 2.41. The maximum Gasteiger partial charge on any atom is 0.338 e. The molecule has 3 aliphatic rings. The van der Waals surface area contributed by atoms with Gasteiger partial charge in [-0.2, -0.15) is 0 Å². The van der Waals surface area contributed by atoms with Crippen LogP contribution in [0, 0.1) is 0 Å². The Bertz CT molecular complexity index is 1090. The van der Waals surface area contributed by atoms with Crippen LogP contribution >= 0.6 is 23.4 Å². The van der Waals surface area contributed by atoms with Crippen LogP contribution in [0.5, 0.6) is 0 Å². The van der Waals surface area contributed by atoms with Crippen LogP contribution in [0.15, 0.2) is 51.6 Å². The van der Waals surface area contributed by atoms with E-state index >= 15 is 0 Å². The normalized spacial score (nSPS) is 20.6. The third kappa shape index (κ3) is 6.51. The lowest BCUT2D eigenvalue weighted by atomic mass is 9.93. The smallest absolute Gasteiger partial charge is 0.338 e. The number of aliphatic imine (C=N–C) groups is 1. The van der Waals surface area contributed by atoms with Gasteiger partial charge >= 0.3 is 5.97 Å². The average molecular weight is 533 g/mol. The molecule has 0 saturated carbocycles. The molecule has 1 aromatic rings. The van der Waals surface area contributed by atoms with Crippen molar-refractivity contribution in [3.05, 3.63) is 57.2 Å². The second-order valence-corrected chi connectivity index (χ2v) is 11.2. The minimum absolute atomic E-state index is 0.0729. The van der Waals surface area contributed by atoms with Gasteiger partial charge in [-0.25, -0.2) is 9.79 Å². The van der Waals surface area contributed by atoms with Gasteiger partial charge in [0.05, 0.1) is 36.9 Å². The number of benzene rings is 1. The van der Waals surface area contributed by atoms with Crippen molar-refractivity contribution in [2.45, 2.75) is 45.8 Å². The topological polar surface area (TPSA) is 83.5 Å². The standard InChI is InChI=1S/C26H33ClN4O4S/c1-17-22(24(33)35-26(2,3)4)23(18-5-7-19(27)8-6-18)31-20(16-36-25(31)29-17)15-21(32)28-9-10-30-11-13-34-14-12-30/h5-8,16,23H,9-15H2,1-4H3,(H,28,32). The summed E-state index contributed by atoms with van der Waals surface area (Å²) in [6.45, 7) is 11.9. The predicted octanol–water partition coefficient (Wildman–Crippen LogP) is 4.10. The molecule has 0 radical (unpaired) electrons. The van der Waals surface area contributed by atoms with Gasteiger partial charge in [-0.1, -0.05) is 35.5 Å². The molecule has 0 spiro atoms. The van der Waals surface area contributed by atoms with Crippen LogP contribution in [-0.2, 0) is 19.1 Å². The molecule has 1 fully saturated rings. The zero-order valence-electron chi connectivity index (χ0n) is 21.2. The number of carbonyl (C=O) groups is 2. The largest absolute Gasteiger partial charge is 0.456 e. The first-order valence-electron chi connectivity index (χ1n) is 12.1. The Kier molecular flexibility index (Phi) is 8.44. The SMILES string of the molecule is CC1=C(C(=O)OC(C)(C)C)C(c2ccc(Cl)cc2)N2C(CC(=O)NCCN3CCOCC3)=CSC2=N1. The number of carbonyl (C=O) groups excluding carboxylic acids is 2. The Morgan fingerprint density at radius 3 is 2.58 bits per heavy atom. The summed E-state index contributed by atoms with van der Waals surface area (Å²) < 4.78 is 11.1. The van der Waals surface area contributed by atoms with Crippen LogP contribution in [0.25, 0.3) is 0 Å². The van der Waals surface area contributed by atoms with Crippen LogP contribution in [0.1, 0.15) is 45.7 Å². The summed E-state index contributed by atoms with van der Waals surface area (Å²) in [5.41, 5.74) is 2.06. The third-order valence-corrected chi connectivity index (χ3v) is 7.14. The van der Waals surface area contributed by atoms with E-state index in [9.17, 15) is 9.59 Å². The molecule has 1 N–H and O–H groups in total. The number of morpholine rings is 1. The first-order chi connectivity index (χ1) is 17.1. The maximum absolute atomic E-state index is 13.4. The number of fused-ring (bicyclic) bond motifs is 1. The number of ether oxygens (including phenoxy) is 2. The number of nitrogens with one attached hydrogen (secondary N) is 1. The minimum atomic E-state index is -0.655. The van der Waals surface area contributed by atoms with Gasteiger partial charge in [0.25, 0.3) is 0 Å². The molecule has 1 saturated heterocycles. The van der Waals surface area contributed by atoms with Crippen molar-refractivity contribution in [3.8, 4) is 0 Å². The fraction of sp³-hybridized carbons (Fsp3) is 0.500. The number of allylic oxidation sites excluding steroid dienone is 1. The highest BCUT2D eigenvalue weighted by Crippen LogP contribution is 2.45. The molecule has 194 valence electrons. The molecule has 0 aromatic heterocycles. The predicted molar refractivity (Wildman–Crippen MR) is 143 cm³/mol. The van der Waals surface area contributed by atoms with Gasteiger partial charge in [0.15, 0.2) is 5.17 Å². The summed E-state index contributed by atoms with van der Waals surface area (Å²) in [5, 5.41) is 6.31. The first kappa shape index (κ1) is 26.7. The van der Waals surface area contributed by atoms with Gasteiger partial charge in [-0.3, -0.25) is 9.69 Å². The van der Waals surface area contributed by atoms with Crippen molar-refractivity contribution in [3.63, 3.8) is 0 Å². The second-order valence-electron chi connectivity index (χ2n) is 9.93. The van der Waals surface area contributed by atoms with Crippen LogP contribution < -0.4 is 5.32 Å². The molecule has 4 rings (SSSR count). The number of esters is 1. The Balaban J connectivity index is 1.54. The number of hydrogen-bond donors (Lipinski definition) is 1. The first-order valence-corrected chi connectivity index (χ1v) is 13.4. The fourth-order valence-electron chi connectivity index (χ4n) is 4.33. The molecular weight excluding hydrogens is 500 g/mol. The van der Waals surface area contributed by atoms with Gasteiger partial charge in [0.1, 0.15) is 5.60 Å². The van der Waals surface area contributed by atoms with E-state index in [1.54, 1.807) is 12.1 Å². The van der Waals surface area contributed by atoms with Crippen LogP contribution in [0.3, 0.4) is 0 Å². The van der Waals surface area contributed by atoms with Gasteiger partial charge in [-0.15, -0.1) is 0 Å². The van der Waals surface area contributed by atoms with Gasteiger partial charge in [-0.05, 0) is 50.8 Å². The lowest BCUT2D eigenvalue weighted by Crippen LogP contribution is -2.42. The summed E-state index contributed by atoms with van der Waals surface area (Å²) in [6.07, 6.45) is 0.180. The van der Waals surface area contributed by atoms with Crippen LogP contribution in [0.2, 0.25) is 5.02 Å². The van der Waals surface area contributed by atoms with E-state index in [-0.39, 0.29) is 12.3 Å². The van der Waals surface area contributed by atoms with Crippen molar-refractivity contribution in [1.29, 1.82) is 0 Å². The number of amidine groups is 1. The van der Waals surface area contributed by atoms with E-state index in [2.05, 4.69) is 10.2 Å². The number of amides is 1. The summed E-state index contributed by atoms with van der Waals surface area (Å²) in [4.78, 5) is 35.2. The zero-order chi connectivity index (χ0) is 25.9. The molecular formula is C26H33ClN4O4S. The monoisotopic (exact) mass is 532 g/mol. The van der Waals surface area contributed by atoms with Gasteiger partial charge in [0.2, 0.25) is 5.91 Å². The fourth-order valence-corrected chi connectivity index (χ4v) is 5.42. The van der Waals surface area contributed by atoms with Crippen LogP contribution in [-0.4, -0.2) is 71.8 Å². The number of halogens is 1. The lowest BCUT2D eigenvalue weighted by molar-refractivity contribution is -0.150. The quantitative estimate of drug-likeness (QED) is 0.529. The van der Waals surface area contributed by atoms with E-state index in [0.717, 1.165) is 49.3 Å². The number of rotatable bonds is 7. The number of nitrogens with zero attached hydrogens (tertiary/aromatic N) is 3. The van der Waals surface area contributed by atoms with E-state index in [0.29, 0.717) is 22.8 Å². The number of hydrogen-bond acceptors (Lipinski definition) is 8. The number of thioether (sulfide) groups is 1. The minimum Gasteiger partial charge on any atom is -0.456 e. The van der Waals surface area contributed by atoms with E-state index in [1.807, 2.05) is 50.1 Å². The molecule has 0 aliphatic carbocycles. The summed E-state index contributed by atoms with van der Waals surface area (Å²) in [5.74, 6) is -0.495. The molecule has 10 heteroatoms. The summed E-state index contributed by atoms with van der Waals surface area (Å²) in [6, 6.07) is 6.92. The van der Waals surface area contributed by atoms with Crippen molar-refractivity contribution in [2.75, 3.05) is 39.4 Å². The molecule has 8 nitrogen and oxygen atoms in total. The highest BCUT2D eigenvalue weighted by molar-refractivity contribution is 8.16. The van der Waals surface area contributed by atoms with Crippen molar-refractivity contribution < 1.29 is 19.1 Å². The average Bonchev–Trinajstić information content (AvgIpc) is 3.20. The van der Waals surface area contributed by atoms with Gasteiger partial charge < -0.3 is 19.7 Å². The molecule has 3 aliphatic heterocycles. The highest BCUT2D eigenvalue weighted by atomic mass is 35.5. The Morgan fingerprint density at radius 2 is 1.92 bits per heavy atom. The summed E-state index contributed by atoms with van der Waals surface area (Å²) in [7, 11) is 0. The van der Waals surface area contributed by atoms with E-state index < -0.39 is 17.6 Å². The van der Waals surface area contributed by atoms with E-state index in [1.165, 1.54) is 11.8 Å². The molecule has 1 unspecified atom stereocenters. The van der Waals surface area contributed by atoms with Crippen molar-refractivity contribution >= 4 is 40.4 Å². The zero-order valence-corrected chi connectivity index (χ0v) is 22.7. The van der Waals surface area contributed by atoms with Crippen LogP contribution in [0.4, 0.5) is 0 Å². The Labute approximate surface area is 221 Å². The molecule has 36 heavy (non-hydrogen) atoms. The van der Waals surface area contributed by atoms with Crippen molar-refractivity contribution in [2.24, 2.45) is 4.99 Å². The summed E-state index contributed by atoms with van der Waals surface area (Å²) >= 11 is 7.61. The second kappa shape index (κ2) is 11.4. The molecule has 1 amide bonds. The molecule has 1 atom stereocenters. The van der Waals surface area contributed by atoms with Gasteiger partial charge in [0, 0.05) is 36.9 Å². The maximum atomic E-state index is 13.4. The van der Waals surface area contributed by atoms with Crippen molar-refractivity contribution in [1.82, 2.24) is 15.1 Å². The Morgan fingerprint density at radius 1 is 1.22 bits per heavy atom. The molecule has 0 bridgehead atoms. The third-order valence-electron chi connectivity index (χ3n) is 6.00.